The Morgan fingerprint density at radius 3 is 2.42 bits per heavy atom. The first-order valence-electron chi connectivity index (χ1n) is 7.40. The molecule has 0 aromatic rings. The molecule has 4 heteroatoms. The molecule has 1 aliphatic heterocycles. The van der Waals surface area contributed by atoms with Gasteiger partial charge in [-0.3, -0.25) is 4.79 Å². The summed E-state index contributed by atoms with van der Waals surface area (Å²) in [6.45, 7) is 6.74. The lowest BCUT2D eigenvalue weighted by Gasteiger charge is -2.38. The second-order valence-corrected chi connectivity index (χ2v) is 6.72. The van der Waals surface area contributed by atoms with E-state index in [1.54, 1.807) is 4.90 Å². The highest BCUT2D eigenvalue weighted by atomic mass is 16.4. The fourth-order valence-corrected chi connectivity index (χ4v) is 3.91. The highest BCUT2D eigenvalue weighted by Crippen LogP contribution is 2.45. The number of carbonyl (C=O) groups is 2. The molecular formula is C15H25NO3. The molecule has 19 heavy (non-hydrogen) atoms. The third-order valence-electron chi connectivity index (χ3n) is 5.29. The van der Waals surface area contributed by atoms with E-state index in [1.165, 1.54) is 0 Å². The molecule has 1 saturated heterocycles. The van der Waals surface area contributed by atoms with Crippen molar-refractivity contribution in [1.82, 2.24) is 4.90 Å². The third kappa shape index (κ3) is 2.15. The zero-order chi connectivity index (χ0) is 14.3. The van der Waals surface area contributed by atoms with Crippen molar-refractivity contribution in [3.63, 3.8) is 0 Å². The molecule has 2 rings (SSSR count). The van der Waals surface area contributed by atoms with Crippen LogP contribution in [0.1, 0.15) is 59.3 Å². The summed E-state index contributed by atoms with van der Waals surface area (Å²) in [6.07, 6.45) is 4.94. The minimum atomic E-state index is -0.949. The summed E-state index contributed by atoms with van der Waals surface area (Å²) in [5.74, 6) is -0.767. The maximum Gasteiger partial charge on any atom is 0.329 e. The molecule has 1 amide bonds. The molecule has 0 spiro atoms. The Hall–Kier alpha value is -1.06. The van der Waals surface area contributed by atoms with Gasteiger partial charge in [0.2, 0.25) is 5.91 Å². The number of nitrogens with zero attached hydrogens (tertiary/aromatic N) is 1. The second-order valence-electron chi connectivity index (χ2n) is 6.72. The Balaban J connectivity index is 2.25. The third-order valence-corrected chi connectivity index (χ3v) is 5.29. The van der Waals surface area contributed by atoms with Gasteiger partial charge in [0.1, 0.15) is 5.54 Å². The number of carboxylic acids is 1. The van der Waals surface area contributed by atoms with Crippen molar-refractivity contribution < 1.29 is 14.7 Å². The lowest BCUT2D eigenvalue weighted by atomic mass is 9.80. The molecule has 0 bridgehead atoms. The van der Waals surface area contributed by atoms with Gasteiger partial charge in [0.15, 0.2) is 0 Å². The fourth-order valence-electron chi connectivity index (χ4n) is 3.91. The fraction of sp³-hybridized carbons (Fsp3) is 0.867. The number of carbonyl (C=O) groups excluding carboxylic acids is 1. The molecule has 2 aliphatic rings. The van der Waals surface area contributed by atoms with Crippen molar-refractivity contribution in [2.75, 3.05) is 6.54 Å². The topological polar surface area (TPSA) is 57.6 Å². The van der Waals surface area contributed by atoms with Gasteiger partial charge in [-0.1, -0.05) is 27.2 Å². The van der Waals surface area contributed by atoms with Crippen LogP contribution in [0.3, 0.4) is 0 Å². The maximum absolute atomic E-state index is 12.8. The maximum atomic E-state index is 12.8. The van der Waals surface area contributed by atoms with Crippen LogP contribution in [0.15, 0.2) is 0 Å². The predicted octanol–water partition coefficient (Wildman–Crippen LogP) is 2.67. The number of carboxylic acid groups (broad SMARTS) is 1. The molecule has 0 radical (unpaired) electrons. The Morgan fingerprint density at radius 2 is 1.95 bits per heavy atom. The van der Waals surface area contributed by atoms with Crippen LogP contribution in [0, 0.1) is 11.3 Å². The molecule has 2 fully saturated rings. The van der Waals surface area contributed by atoms with Crippen molar-refractivity contribution in [2.45, 2.75) is 64.8 Å². The first-order valence-corrected chi connectivity index (χ1v) is 7.40. The minimum Gasteiger partial charge on any atom is -0.479 e. The SMILES string of the molecule is CCC1(C(=O)O)CCCN1C(=O)C1CCCC1(C)C. The summed E-state index contributed by atoms with van der Waals surface area (Å²) in [7, 11) is 0. The zero-order valence-corrected chi connectivity index (χ0v) is 12.2. The quantitative estimate of drug-likeness (QED) is 0.855. The van der Waals surface area contributed by atoms with Gasteiger partial charge in [-0.05, 0) is 37.5 Å². The summed E-state index contributed by atoms with van der Waals surface area (Å²) in [5.41, 5.74) is -0.937. The van der Waals surface area contributed by atoms with Gasteiger partial charge in [-0.2, -0.15) is 0 Å². The van der Waals surface area contributed by atoms with E-state index in [2.05, 4.69) is 13.8 Å². The Bertz CT molecular complexity index is 391. The van der Waals surface area contributed by atoms with Crippen LogP contribution in [0.2, 0.25) is 0 Å². The van der Waals surface area contributed by atoms with E-state index in [4.69, 9.17) is 0 Å². The summed E-state index contributed by atoms with van der Waals surface area (Å²) in [5, 5.41) is 9.56. The number of likely N-dealkylation sites (tertiary alicyclic amines) is 1. The average Bonchev–Trinajstić information content (AvgIpc) is 2.91. The van der Waals surface area contributed by atoms with Crippen LogP contribution < -0.4 is 0 Å². The summed E-state index contributed by atoms with van der Waals surface area (Å²) >= 11 is 0. The van der Waals surface area contributed by atoms with E-state index in [-0.39, 0.29) is 17.2 Å². The number of aliphatic carboxylic acids is 1. The molecule has 1 heterocycles. The van der Waals surface area contributed by atoms with Crippen LogP contribution >= 0.6 is 0 Å². The summed E-state index contributed by atoms with van der Waals surface area (Å²) < 4.78 is 0. The molecular weight excluding hydrogens is 242 g/mol. The highest BCUT2D eigenvalue weighted by molar-refractivity contribution is 5.89. The van der Waals surface area contributed by atoms with Gasteiger partial charge in [0, 0.05) is 12.5 Å². The van der Waals surface area contributed by atoms with Crippen molar-refractivity contribution in [3.05, 3.63) is 0 Å². The number of hydrogen-bond acceptors (Lipinski definition) is 2. The molecule has 1 N–H and O–H groups in total. The van der Waals surface area contributed by atoms with E-state index < -0.39 is 11.5 Å². The smallest absolute Gasteiger partial charge is 0.329 e. The molecule has 2 unspecified atom stereocenters. The predicted molar refractivity (Wildman–Crippen MR) is 72.7 cm³/mol. The number of rotatable bonds is 3. The Labute approximate surface area is 115 Å². The van der Waals surface area contributed by atoms with E-state index >= 15 is 0 Å². The second kappa shape index (κ2) is 4.80. The first kappa shape index (κ1) is 14.4. The van der Waals surface area contributed by atoms with Gasteiger partial charge in [0.05, 0.1) is 0 Å². The van der Waals surface area contributed by atoms with Crippen LogP contribution in [-0.2, 0) is 9.59 Å². The van der Waals surface area contributed by atoms with Crippen molar-refractivity contribution in [2.24, 2.45) is 11.3 Å². The average molecular weight is 267 g/mol. The van der Waals surface area contributed by atoms with Crippen LogP contribution in [0.4, 0.5) is 0 Å². The van der Waals surface area contributed by atoms with E-state index in [9.17, 15) is 14.7 Å². The summed E-state index contributed by atoms with van der Waals surface area (Å²) in [6, 6.07) is 0. The largest absolute Gasteiger partial charge is 0.479 e. The van der Waals surface area contributed by atoms with Gasteiger partial charge in [-0.25, -0.2) is 4.79 Å². The minimum absolute atomic E-state index is 0.00382. The molecule has 1 saturated carbocycles. The van der Waals surface area contributed by atoms with Crippen molar-refractivity contribution >= 4 is 11.9 Å². The highest BCUT2D eigenvalue weighted by Gasteiger charge is 2.52. The lowest BCUT2D eigenvalue weighted by molar-refractivity contribution is -0.159. The molecule has 108 valence electrons. The lowest BCUT2D eigenvalue weighted by Crippen LogP contribution is -2.55. The number of hydrogen-bond donors (Lipinski definition) is 1. The van der Waals surface area contributed by atoms with Gasteiger partial charge in [-0.15, -0.1) is 0 Å². The van der Waals surface area contributed by atoms with E-state index in [0.717, 1.165) is 25.7 Å². The molecule has 0 aromatic carbocycles. The zero-order valence-electron chi connectivity index (χ0n) is 12.2. The molecule has 2 atom stereocenters. The van der Waals surface area contributed by atoms with Gasteiger partial charge in [0.25, 0.3) is 0 Å². The van der Waals surface area contributed by atoms with Crippen LogP contribution in [0.5, 0.6) is 0 Å². The normalized spacial score (nSPS) is 33.6. The first-order chi connectivity index (χ1) is 8.85. The van der Waals surface area contributed by atoms with E-state index in [0.29, 0.717) is 19.4 Å². The Kier molecular flexibility index (Phi) is 3.63. The monoisotopic (exact) mass is 267 g/mol. The molecule has 1 aliphatic carbocycles. The molecule has 0 aromatic heterocycles. The van der Waals surface area contributed by atoms with Crippen molar-refractivity contribution in [3.8, 4) is 0 Å². The van der Waals surface area contributed by atoms with Crippen LogP contribution in [0.25, 0.3) is 0 Å². The number of amides is 1. The molecule has 4 nitrogen and oxygen atoms in total. The van der Waals surface area contributed by atoms with Crippen LogP contribution in [-0.4, -0.2) is 34.0 Å². The summed E-state index contributed by atoms with van der Waals surface area (Å²) in [4.78, 5) is 26.1. The Morgan fingerprint density at radius 1 is 1.26 bits per heavy atom. The van der Waals surface area contributed by atoms with Gasteiger partial charge >= 0.3 is 5.97 Å². The van der Waals surface area contributed by atoms with E-state index in [1.807, 2.05) is 6.92 Å². The van der Waals surface area contributed by atoms with Crippen molar-refractivity contribution in [1.29, 1.82) is 0 Å². The standard InChI is InChI=1S/C15H25NO3/c1-4-15(13(18)19)9-6-10-16(15)12(17)11-7-5-8-14(11,2)3/h11H,4-10H2,1-3H3,(H,18,19). The van der Waals surface area contributed by atoms with Gasteiger partial charge < -0.3 is 10.0 Å².